The minimum Gasteiger partial charge on any atom is -0.494 e. The minimum absolute atomic E-state index is 0.00294. The lowest BCUT2D eigenvalue weighted by molar-refractivity contribution is -0.140. The summed E-state index contributed by atoms with van der Waals surface area (Å²) in [6, 6.07) is 25.9. The predicted octanol–water partition coefficient (Wildman–Crippen LogP) is 6.49. The first kappa shape index (κ1) is 35.4. The van der Waals surface area contributed by atoms with Crippen LogP contribution in [0.25, 0.3) is 0 Å². The van der Waals surface area contributed by atoms with Gasteiger partial charge in [0.2, 0.25) is 11.8 Å². The topological polar surface area (TPSA) is 96.0 Å². The van der Waals surface area contributed by atoms with Gasteiger partial charge in [-0.3, -0.25) is 13.9 Å². The van der Waals surface area contributed by atoms with Crippen LogP contribution in [0.1, 0.15) is 31.9 Å². The fraction of sp³-hybridized carbons (Fsp3) is 0.278. The van der Waals surface area contributed by atoms with E-state index in [1.807, 2.05) is 51.1 Å². The molecule has 0 unspecified atom stereocenters. The second-order valence-electron chi connectivity index (χ2n) is 11.4. The van der Waals surface area contributed by atoms with Gasteiger partial charge in [-0.05, 0) is 84.6 Å². The Hall–Kier alpha value is -4.41. The van der Waals surface area contributed by atoms with Gasteiger partial charge in [0.1, 0.15) is 24.2 Å². The zero-order valence-electron chi connectivity index (χ0n) is 26.6. The van der Waals surface area contributed by atoms with Gasteiger partial charge in [0.25, 0.3) is 10.0 Å². The van der Waals surface area contributed by atoms with Crippen LogP contribution in [-0.4, -0.2) is 50.9 Å². The Bertz CT molecular complexity index is 1720. The molecule has 0 spiro atoms. The first-order chi connectivity index (χ1) is 22.5. The van der Waals surface area contributed by atoms with Crippen molar-refractivity contribution < 1.29 is 27.1 Å². The Morgan fingerprint density at radius 1 is 0.872 bits per heavy atom. The fourth-order valence-electron chi connectivity index (χ4n) is 4.90. The smallest absolute Gasteiger partial charge is 0.264 e. The van der Waals surface area contributed by atoms with Gasteiger partial charge in [-0.1, -0.05) is 67.9 Å². The van der Waals surface area contributed by atoms with Crippen molar-refractivity contribution >= 4 is 39.1 Å². The quantitative estimate of drug-likeness (QED) is 0.155. The van der Waals surface area contributed by atoms with E-state index in [-0.39, 0.29) is 35.4 Å². The van der Waals surface area contributed by atoms with Crippen LogP contribution >= 0.6 is 11.6 Å². The first-order valence-electron chi connectivity index (χ1n) is 15.3. The number of nitrogens with one attached hydrogen (secondary N) is 1. The molecule has 1 atom stereocenters. The zero-order valence-corrected chi connectivity index (χ0v) is 28.2. The van der Waals surface area contributed by atoms with E-state index in [0.717, 1.165) is 22.0 Å². The molecule has 0 aliphatic carbocycles. The molecule has 1 N–H and O–H groups in total. The summed E-state index contributed by atoms with van der Waals surface area (Å²) in [5.74, 6) is -0.911. The van der Waals surface area contributed by atoms with Crippen LogP contribution in [0.3, 0.4) is 0 Å². The molecule has 0 saturated heterocycles. The van der Waals surface area contributed by atoms with Crippen molar-refractivity contribution in [1.82, 2.24) is 10.2 Å². The summed E-state index contributed by atoms with van der Waals surface area (Å²) in [5.41, 5.74) is 1.60. The summed E-state index contributed by atoms with van der Waals surface area (Å²) in [4.78, 5) is 29.6. The average Bonchev–Trinajstić information content (AvgIpc) is 3.06. The largest absolute Gasteiger partial charge is 0.494 e. The number of rotatable bonds is 15. The third kappa shape index (κ3) is 9.79. The maximum absolute atomic E-state index is 14.5. The first-order valence-corrected chi connectivity index (χ1v) is 17.2. The molecule has 2 amide bonds. The molecule has 0 aliphatic rings. The number of hydrogen-bond donors (Lipinski definition) is 1. The summed E-state index contributed by atoms with van der Waals surface area (Å²) < 4.78 is 48.6. The SMILES string of the molecule is CCOc1ccc(S(=O)(=O)N(CC(=O)N(Cc2ccc(Cl)cc2)[C@H](Cc2ccccc2)C(=O)NCC(C)C)c2ccc(F)cc2)cc1. The predicted molar refractivity (Wildman–Crippen MR) is 182 cm³/mol. The lowest BCUT2D eigenvalue weighted by Crippen LogP contribution is -2.53. The summed E-state index contributed by atoms with van der Waals surface area (Å²) >= 11 is 6.13. The van der Waals surface area contributed by atoms with Gasteiger partial charge in [-0.25, -0.2) is 12.8 Å². The molecule has 4 aromatic carbocycles. The van der Waals surface area contributed by atoms with Crippen molar-refractivity contribution in [3.8, 4) is 5.75 Å². The summed E-state index contributed by atoms with van der Waals surface area (Å²) in [6.45, 7) is 5.89. The molecule has 0 fully saturated rings. The maximum Gasteiger partial charge on any atom is 0.264 e. The van der Waals surface area contributed by atoms with E-state index < -0.39 is 34.3 Å². The van der Waals surface area contributed by atoms with Crippen LogP contribution in [0.5, 0.6) is 5.75 Å². The Kier molecular flexibility index (Phi) is 12.4. The van der Waals surface area contributed by atoms with E-state index in [0.29, 0.717) is 29.5 Å². The molecule has 0 aromatic heterocycles. The van der Waals surface area contributed by atoms with Crippen LogP contribution in [-0.2, 0) is 32.6 Å². The number of carbonyl (C=O) groups excluding carboxylic acids is 2. The second kappa shape index (κ2) is 16.4. The van der Waals surface area contributed by atoms with Crippen molar-refractivity contribution in [2.45, 2.75) is 44.7 Å². The number of carbonyl (C=O) groups is 2. The highest BCUT2D eigenvalue weighted by Crippen LogP contribution is 2.27. The Morgan fingerprint density at radius 2 is 1.51 bits per heavy atom. The molecule has 8 nitrogen and oxygen atoms in total. The molecular weight excluding hydrogens is 641 g/mol. The summed E-state index contributed by atoms with van der Waals surface area (Å²) in [5, 5.41) is 3.46. The normalized spacial score (nSPS) is 12.0. The average molecular weight is 680 g/mol. The van der Waals surface area contributed by atoms with Crippen LogP contribution < -0.4 is 14.4 Å². The molecule has 4 aromatic rings. The molecule has 47 heavy (non-hydrogen) atoms. The van der Waals surface area contributed by atoms with Gasteiger partial charge in [-0.15, -0.1) is 0 Å². The van der Waals surface area contributed by atoms with Gasteiger partial charge in [0, 0.05) is 24.5 Å². The zero-order chi connectivity index (χ0) is 34.0. The Morgan fingerprint density at radius 3 is 2.11 bits per heavy atom. The molecule has 0 heterocycles. The van der Waals surface area contributed by atoms with Crippen molar-refractivity contribution in [3.05, 3.63) is 125 Å². The molecular formula is C36H39ClFN3O5S. The van der Waals surface area contributed by atoms with Crippen molar-refractivity contribution in [3.63, 3.8) is 0 Å². The van der Waals surface area contributed by atoms with Crippen molar-refractivity contribution in [2.24, 2.45) is 5.92 Å². The van der Waals surface area contributed by atoms with E-state index in [1.54, 1.807) is 24.3 Å². The Balaban J connectivity index is 1.78. The number of halogens is 2. The molecule has 248 valence electrons. The maximum atomic E-state index is 14.5. The van der Waals surface area contributed by atoms with E-state index in [4.69, 9.17) is 16.3 Å². The lowest BCUT2D eigenvalue weighted by atomic mass is 10.0. The van der Waals surface area contributed by atoms with E-state index in [1.165, 1.54) is 41.3 Å². The van der Waals surface area contributed by atoms with E-state index in [2.05, 4.69) is 5.32 Å². The fourth-order valence-corrected chi connectivity index (χ4v) is 6.44. The van der Waals surface area contributed by atoms with E-state index in [9.17, 15) is 22.4 Å². The van der Waals surface area contributed by atoms with Crippen LogP contribution in [0, 0.1) is 11.7 Å². The third-order valence-corrected chi connectivity index (χ3v) is 9.38. The summed E-state index contributed by atoms with van der Waals surface area (Å²) in [7, 11) is -4.34. The number of anilines is 1. The number of benzene rings is 4. The second-order valence-corrected chi connectivity index (χ2v) is 13.7. The Labute approximate surface area is 281 Å². The number of ether oxygens (including phenoxy) is 1. The highest BCUT2D eigenvalue weighted by Gasteiger charge is 2.34. The van der Waals surface area contributed by atoms with Crippen LogP contribution in [0.15, 0.2) is 108 Å². The summed E-state index contributed by atoms with van der Waals surface area (Å²) in [6.07, 6.45) is 0.187. The van der Waals surface area contributed by atoms with Gasteiger partial charge >= 0.3 is 0 Å². The van der Waals surface area contributed by atoms with Gasteiger partial charge in [-0.2, -0.15) is 0 Å². The number of hydrogen-bond acceptors (Lipinski definition) is 5. The van der Waals surface area contributed by atoms with E-state index >= 15 is 0 Å². The van der Waals surface area contributed by atoms with Gasteiger partial charge in [0.05, 0.1) is 17.2 Å². The standard InChI is InChI=1S/C36H39ClFN3O5S/c1-4-46-32-18-20-33(21-19-32)47(44,45)41(31-16-14-30(38)15-17-31)25-35(42)40(24-28-10-12-29(37)13-11-28)34(36(43)39-23-26(2)3)22-27-8-6-5-7-9-27/h5-21,26,34H,4,22-25H2,1-3H3,(H,39,43)/t34-/m1/s1. The number of amides is 2. The van der Waals surface area contributed by atoms with Crippen LogP contribution in [0.4, 0.5) is 10.1 Å². The number of nitrogens with zero attached hydrogens (tertiary/aromatic N) is 2. The molecule has 0 aliphatic heterocycles. The lowest BCUT2D eigenvalue weighted by Gasteiger charge is -2.34. The highest BCUT2D eigenvalue weighted by atomic mass is 35.5. The molecule has 0 bridgehead atoms. The van der Waals surface area contributed by atoms with Crippen LogP contribution in [0.2, 0.25) is 5.02 Å². The molecule has 0 radical (unpaired) electrons. The van der Waals surface area contributed by atoms with Gasteiger partial charge < -0.3 is 15.0 Å². The molecule has 4 rings (SSSR count). The molecule has 0 saturated carbocycles. The minimum atomic E-state index is -4.34. The monoisotopic (exact) mass is 679 g/mol. The molecule has 11 heteroatoms. The number of sulfonamides is 1. The van der Waals surface area contributed by atoms with Crippen molar-refractivity contribution in [2.75, 3.05) is 24.0 Å². The van der Waals surface area contributed by atoms with Crippen molar-refractivity contribution in [1.29, 1.82) is 0 Å². The highest BCUT2D eigenvalue weighted by molar-refractivity contribution is 7.92. The van der Waals surface area contributed by atoms with Gasteiger partial charge in [0.15, 0.2) is 0 Å². The third-order valence-electron chi connectivity index (χ3n) is 7.34.